The van der Waals surface area contributed by atoms with Crippen LogP contribution in [0.3, 0.4) is 0 Å². The third-order valence-electron chi connectivity index (χ3n) is 3.66. The molecular weight excluding hydrogens is 360 g/mol. The summed E-state index contributed by atoms with van der Waals surface area (Å²) in [6.45, 7) is 4.33. The Morgan fingerprint density at radius 3 is 2.64 bits per heavy atom. The van der Waals surface area contributed by atoms with Crippen LogP contribution in [0.15, 0.2) is 30.9 Å². The van der Waals surface area contributed by atoms with E-state index < -0.39 is 14.1 Å². The number of H-pyrrole nitrogens is 1. The lowest BCUT2D eigenvalue weighted by Gasteiger charge is -2.23. The van der Waals surface area contributed by atoms with Crippen LogP contribution < -0.4 is 4.52 Å². The molecule has 0 spiro atoms. The average Bonchev–Trinajstić information content (AvgIpc) is 2.77. The minimum atomic E-state index is -4.80. The number of phosphoric ester groups is 1. The van der Waals surface area contributed by atoms with Crippen LogP contribution in [0.25, 0.3) is 10.9 Å². The highest BCUT2D eigenvalue weighted by atomic mass is 31.2. The van der Waals surface area contributed by atoms with Crippen molar-refractivity contribution in [2.75, 3.05) is 13.1 Å². The maximum Gasteiger partial charge on any atom is 0.524 e. The number of nitrogens with one attached hydrogen (secondary N) is 1. The summed E-state index contributed by atoms with van der Waals surface area (Å²) < 4.78 is 54.8. The zero-order valence-electron chi connectivity index (χ0n) is 13.4. The van der Waals surface area contributed by atoms with Gasteiger partial charge in [0.15, 0.2) is 0 Å². The van der Waals surface area contributed by atoms with Crippen molar-refractivity contribution in [3.8, 4) is 5.75 Å². The third kappa shape index (κ3) is 4.85. The third-order valence-corrected chi connectivity index (χ3v) is 4.09. The van der Waals surface area contributed by atoms with Crippen molar-refractivity contribution in [2.24, 2.45) is 0 Å². The molecule has 1 aromatic carbocycles. The van der Waals surface area contributed by atoms with E-state index in [1.165, 1.54) is 12.1 Å². The van der Waals surface area contributed by atoms with E-state index in [1.807, 2.05) is 0 Å². The van der Waals surface area contributed by atoms with Gasteiger partial charge < -0.3 is 9.51 Å². The molecule has 0 bridgehead atoms. The zero-order chi connectivity index (χ0) is 18.8. The molecule has 3 N–H and O–H groups in total. The van der Waals surface area contributed by atoms with E-state index in [1.54, 1.807) is 13.0 Å². The molecular formula is C15H18F3N2O4P. The van der Waals surface area contributed by atoms with Crippen molar-refractivity contribution >= 4 is 18.7 Å². The summed E-state index contributed by atoms with van der Waals surface area (Å²) >= 11 is 0. The van der Waals surface area contributed by atoms with E-state index in [-0.39, 0.29) is 25.3 Å². The molecule has 0 radical (unpaired) electrons. The first kappa shape index (κ1) is 19.5. The van der Waals surface area contributed by atoms with Crippen LogP contribution in [0.5, 0.6) is 5.75 Å². The molecule has 6 nitrogen and oxygen atoms in total. The van der Waals surface area contributed by atoms with Gasteiger partial charge in [-0.25, -0.2) is 9.46 Å². The molecule has 1 heterocycles. The molecule has 0 aliphatic carbocycles. The van der Waals surface area contributed by atoms with Crippen LogP contribution in [0.2, 0.25) is 0 Å². The number of nitrogens with zero attached hydrogens (tertiary/aromatic N) is 1. The maximum atomic E-state index is 13.0. The monoisotopic (exact) mass is 378 g/mol. The Bertz CT molecular complexity index is 813. The molecule has 0 aliphatic heterocycles. The van der Waals surface area contributed by atoms with Gasteiger partial charge >= 0.3 is 14.1 Å². The normalized spacial score (nSPS) is 12.8. The predicted molar refractivity (Wildman–Crippen MR) is 87.2 cm³/mol. The lowest BCUT2D eigenvalue weighted by molar-refractivity contribution is -0.241. The molecule has 1 aromatic heterocycles. The van der Waals surface area contributed by atoms with Crippen molar-refractivity contribution in [3.05, 3.63) is 42.1 Å². The predicted octanol–water partition coefficient (Wildman–Crippen LogP) is 3.50. The molecule has 0 amide bonds. The maximum absolute atomic E-state index is 13.0. The Morgan fingerprint density at radius 2 is 2.08 bits per heavy atom. The number of aryl methyl sites for hydroxylation is 1. The van der Waals surface area contributed by atoms with Gasteiger partial charge in [-0.2, -0.15) is 13.2 Å². The minimum Gasteiger partial charge on any atom is -0.404 e. The number of benzene rings is 1. The van der Waals surface area contributed by atoms with Gasteiger partial charge in [0.2, 0.25) is 0 Å². The Morgan fingerprint density at radius 1 is 1.40 bits per heavy atom. The smallest absolute Gasteiger partial charge is 0.404 e. The Labute approximate surface area is 142 Å². The van der Waals surface area contributed by atoms with Crippen LogP contribution in [-0.4, -0.2) is 39.1 Å². The molecule has 138 valence electrons. The van der Waals surface area contributed by atoms with Gasteiger partial charge in [-0.3, -0.25) is 9.79 Å². The Hall–Kier alpha value is -1.80. The van der Waals surface area contributed by atoms with E-state index >= 15 is 0 Å². The first-order valence-electron chi connectivity index (χ1n) is 7.31. The molecule has 2 aromatic rings. The summed E-state index contributed by atoms with van der Waals surface area (Å²) in [6, 6.07) is 4.56. The van der Waals surface area contributed by atoms with Gasteiger partial charge in [-0.05, 0) is 31.0 Å². The summed E-state index contributed by atoms with van der Waals surface area (Å²) in [7, 11) is -4.80. The van der Waals surface area contributed by atoms with E-state index in [4.69, 9.17) is 9.79 Å². The van der Waals surface area contributed by atoms with Crippen LogP contribution in [0, 0.1) is 6.92 Å². The Kier molecular flexibility index (Phi) is 5.63. The van der Waals surface area contributed by atoms with E-state index in [0.717, 1.165) is 6.08 Å². The van der Waals surface area contributed by atoms with Gasteiger partial charge in [-0.15, -0.1) is 6.58 Å². The number of rotatable bonds is 7. The molecule has 0 atom stereocenters. The highest BCUT2D eigenvalue weighted by Gasteiger charge is 2.36. The lowest BCUT2D eigenvalue weighted by Crippen LogP contribution is -2.39. The SMILES string of the molecule is C=CCN(CCc1c(C)[nH]c2cccc(OP(=O)(O)O)c12)C(F)(F)F. The quantitative estimate of drug-likeness (QED) is 0.390. The minimum absolute atomic E-state index is 0.0146. The number of hydrogen-bond donors (Lipinski definition) is 3. The fraction of sp³-hybridized carbons (Fsp3) is 0.333. The molecule has 0 saturated carbocycles. The number of halogens is 3. The molecule has 2 rings (SSSR count). The van der Waals surface area contributed by atoms with Crippen molar-refractivity contribution in [1.82, 2.24) is 9.88 Å². The number of aromatic nitrogens is 1. The lowest BCUT2D eigenvalue weighted by atomic mass is 10.1. The van der Waals surface area contributed by atoms with Crippen molar-refractivity contribution in [3.63, 3.8) is 0 Å². The van der Waals surface area contributed by atoms with Crippen molar-refractivity contribution < 1.29 is 32.0 Å². The number of alkyl halides is 3. The van der Waals surface area contributed by atoms with Crippen LogP contribution in [0.4, 0.5) is 13.2 Å². The molecule has 0 aliphatic rings. The summed E-state index contributed by atoms with van der Waals surface area (Å²) in [5.74, 6) is -0.0764. The molecule has 0 saturated heterocycles. The summed E-state index contributed by atoms with van der Waals surface area (Å²) in [6.07, 6.45) is -3.32. The van der Waals surface area contributed by atoms with E-state index in [2.05, 4.69) is 16.1 Å². The number of phosphoric acid groups is 1. The van der Waals surface area contributed by atoms with Crippen LogP contribution in [-0.2, 0) is 11.0 Å². The van der Waals surface area contributed by atoms with Crippen LogP contribution in [0.1, 0.15) is 11.3 Å². The first-order valence-corrected chi connectivity index (χ1v) is 8.84. The molecule has 10 heteroatoms. The number of hydrogen-bond acceptors (Lipinski definition) is 3. The topological polar surface area (TPSA) is 85.8 Å². The van der Waals surface area contributed by atoms with Crippen molar-refractivity contribution in [1.29, 1.82) is 0 Å². The summed E-state index contributed by atoms with van der Waals surface area (Å²) in [5.41, 5.74) is 1.65. The second kappa shape index (κ2) is 7.21. The second-order valence-electron chi connectivity index (χ2n) is 5.44. The number of fused-ring (bicyclic) bond motifs is 1. The van der Waals surface area contributed by atoms with E-state index in [9.17, 15) is 17.7 Å². The second-order valence-corrected chi connectivity index (χ2v) is 6.61. The number of aromatic amines is 1. The van der Waals surface area contributed by atoms with E-state index in [0.29, 0.717) is 27.1 Å². The first-order chi connectivity index (χ1) is 11.5. The van der Waals surface area contributed by atoms with Crippen LogP contribution >= 0.6 is 7.82 Å². The van der Waals surface area contributed by atoms with Gasteiger partial charge in [0.05, 0.1) is 0 Å². The highest BCUT2D eigenvalue weighted by molar-refractivity contribution is 7.46. The Balaban J connectivity index is 2.39. The van der Waals surface area contributed by atoms with Crippen molar-refractivity contribution in [2.45, 2.75) is 19.6 Å². The molecule has 25 heavy (non-hydrogen) atoms. The fourth-order valence-electron chi connectivity index (χ4n) is 2.65. The highest BCUT2D eigenvalue weighted by Crippen LogP contribution is 2.42. The average molecular weight is 378 g/mol. The van der Waals surface area contributed by atoms with Gasteiger partial charge in [-0.1, -0.05) is 12.1 Å². The van der Waals surface area contributed by atoms with Gasteiger partial charge in [0.1, 0.15) is 5.75 Å². The standard InChI is InChI=1S/C15H18F3N2O4P/c1-3-8-20(15(16,17)18)9-7-11-10(2)19-12-5-4-6-13(14(11)12)24-25(21,22)23/h3-6,19H,1,7-9H2,2H3,(H2,21,22,23). The zero-order valence-corrected chi connectivity index (χ0v) is 14.3. The molecule has 0 unspecified atom stereocenters. The largest absolute Gasteiger partial charge is 0.524 e. The van der Waals surface area contributed by atoms with Gasteiger partial charge in [0, 0.05) is 29.7 Å². The molecule has 0 fully saturated rings. The summed E-state index contributed by atoms with van der Waals surface area (Å²) in [4.78, 5) is 21.4. The summed E-state index contributed by atoms with van der Waals surface area (Å²) in [5, 5.41) is 0.365. The van der Waals surface area contributed by atoms with Gasteiger partial charge in [0.25, 0.3) is 0 Å². The fourth-order valence-corrected chi connectivity index (χ4v) is 3.06.